The van der Waals surface area contributed by atoms with E-state index in [-0.39, 0.29) is 17.6 Å². The van der Waals surface area contributed by atoms with Crippen LogP contribution in [0.25, 0.3) is 21.5 Å². The molecule has 1 aliphatic heterocycles. The lowest BCUT2D eigenvalue weighted by Crippen LogP contribution is -2.47. The predicted octanol–water partition coefficient (Wildman–Crippen LogP) is 4.80. The van der Waals surface area contributed by atoms with Gasteiger partial charge in [-0.2, -0.15) is 0 Å². The van der Waals surface area contributed by atoms with E-state index in [9.17, 15) is 4.79 Å². The Morgan fingerprint density at radius 2 is 1.65 bits per heavy atom. The molecule has 1 N–H and O–H groups in total. The Morgan fingerprint density at radius 3 is 2.43 bits per heavy atom. The van der Waals surface area contributed by atoms with Crippen LogP contribution in [0.5, 0.6) is 0 Å². The molecule has 116 valence electrons. The SMILES string of the molecule is CC1(C)COC(=O)N[C@@H]1c1cc2ccccc2c2ccccc12. The first-order chi connectivity index (χ1) is 11.1. The van der Waals surface area contributed by atoms with Crippen LogP contribution < -0.4 is 5.32 Å². The summed E-state index contributed by atoms with van der Waals surface area (Å²) in [7, 11) is 0. The quantitative estimate of drug-likeness (QED) is 0.656. The first-order valence-corrected chi connectivity index (χ1v) is 7.90. The van der Waals surface area contributed by atoms with Gasteiger partial charge in [-0.15, -0.1) is 0 Å². The lowest BCUT2D eigenvalue weighted by Gasteiger charge is -2.39. The van der Waals surface area contributed by atoms with E-state index in [0.29, 0.717) is 6.61 Å². The average molecular weight is 305 g/mol. The highest BCUT2D eigenvalue weighted by Gasteiger charge is 2.38. The van der Waals surface area contributed by atoms with Crippen molar-refractivity contribution in [3.05, 3.63) is 60.2 Å². The Labute approximate surface area is 135 Å². The van der Waals surface area contributed by atoms with Gasteiger partial charge < -0.3 is 10.1 Å². The van der Waals surface area contributed by atoms with E-state index in [1.54, 1.807) is 0 Å². The van der Waals surface area contributed by atoms with Gasteiger partial charge in [0.1, 0.15) is 6.61 Å². The van der Waals surface area contributed by atoms with Crippen LogP contribution in [-0.2, 0) is 4.74 Å². The molecule has 0 saturated carbocycles. The Hall–Kier alpha value is -2.55. The van der Waals surface area contributed by atoms with Crippen molar-refractivity contribution in [1.29, 1.82) is 0 Å². The number of benzene rings is 3. The minimum atomic E-state index is -0.341. The van der Waals surface area contributed by atoms with Crippen molar-refractivity contribution in [3.63, 3.8) is 0 Å². The Bertz CT molecular complexity index is 914. The summed E-state index contributed by atoms with van der Waals surface area (Å²) in [5, 5.41) is 7.86. The number of fused-ring (bicyclic) bond motifs is 3. The molecule has 1 amide bonds. The molecule has 1 heterocycles. The van der Waals surface area contributed by atoms with Gasteiger partial charge in [-0.3, -0.25) is 0 Å². The minimum absolute atomic E-state index is 0.0711. The van der Waals surface area contributed by atoms with Crippen molar-refractivity contribution in [3.8, 4) is 0 Å². The van der Waals surface area contributed by atoms with Crippen LogP contribution in [0.1, 0.15) is 25.5 Å². The van der Waals surface area contributed by atoms with Crippen molar-refractivity contribution in [2.24, 2.45) is 5.41 Å². The summed E-state index contributed by atoms with van der Waals surface area (Å²) in [4.78, 5) is 11.8. The fourth-order valence-electron chi connectivity index (χ4n) is 3.51. The normalized spacial score (nSPS) is 20.3. The summed E-state index contributed by atoms with van der Waals surface area (Å²) in [6, 6.07) is 18.9. The van der Waals surface area contributed by atoms with Crippen LogP contribution >= 0.6 is 0 Å². The second-order valence-electron chi connectivity index (χ2n) is 6.87. The fourth-order valence-corrected chi connectivity index (χ4v) is 3.51. The molecule has 1 fully saturated rings. The molecule has 0 spiro atoms. The van der Waals surface area contributed by atoms with E-state index < -0.39 is 0 Å². The van der Waals surface area contributed by atoms with E-state index in [0.717, 1.165) is 5.56 Å². The van der Waals surface area contributed by atoms with Crippen molar-refractivity contribution in [2.75, 3.05) is 6.61 Å². The third kappa shape index (κ3) is 2.24. The number of hydrogen-bond acceptors (Lipinski definition) is 2. The molecule has 4 rings (SSSR count). The zero-order chi connectivity index (χ0) is 16.0. The number of amides is 1. The van der Waals surface area contributed by atoms with E-state index in [2.05, 4.69) is 73.8 Å². The van der Waals surface area contributed by atoms with Crippen LogP contribution in [0.15, 0.2) is 54.6 Å². The van der Waals surface area contributed by atoms with E-state index >= 15 is 0 Å². The number of rotatable bonds is 1. The van der Waals surface area contributed by atoms with Crippen molar-refractivity contribution in [2.45, 2.75) is 19.9 Å². The van der Waals surface area contributed by atoms with Crippen LogP contribution in [-0.4, -0.2) is 12.7 Å². The number of cyclic esters (lactones) is 1. The molecule has 1 atom stereocenters. The fraction of sp³-hybridized carbons (Fsp3) is 0.250. The van der Waals surface area contributed by atoms with Gasteiger partial charge in [0.25, 0.3) is 0 Å². The lowest BCUT2D eigenvalue weighted by molar-refractivity contribution is 0.0392. The van der Waals surface area contributed by atoms with E-state index in [1.807, 2.05) is 0 Å². The van der Waals surface area contributed by atoms with Crippen LogP contribution in [0.2, 0.25) is 0 Å². The predicted molar refractivity (Wildman–Crippen MR) is 92.5 cm³/mol. The maximum atomic E-state index is 11.8. The molecule has 0 bridgehead atoms. The molecule has 0 aromatic heterocycles. The van der Waals surface area contributed by atoms with Crippen LogP contribution in [0.4, 0.5) is 4.79 Å². The number of carbonyl (C=O) groups excluding carboxylic acids is 1. The van der Waals surface area contributed by atoms with Gasteiger partial charge in [-0.05, 0) is 33.2 Å². The summed E-state index contributed by atoms with van der Waals surface area (Å²) in [5.74, 6) is 0. The molecule has 3 heteroatoms. The van der Waals surface area contributed by atoms with Crippen molar-refractivity contribution >= 4 is 27.6 Å². The number of hydrogen-bond donors (Lipinski definition) is 1. The lowest BCUT2D eigenvalue weighted by atomic mass is 9.78. The highest BCUT2D eigenvalue weighted by Crippen LogP contribution is 2.41. The Morgan fingerprint density at radius 1 is 1.00 bits per heavy atom. The standard InChI is InChI=1S/C20H19NO2/c1-20(2)12-23-19(22)21-18(20)17-11-13-7-3-4-8-14(13)15-9-5-6-10-16(15)17/h3-11,18H,12H2,1-2H3,(H,21,22)/t18-/m1/s1. The van der Waals surface area contributed by atoms with Gasteiger partial charge in [0.2, 0.25) is 0 Å². The van der Waals surface area contributed by atoms with Crippen molar-refractivity contribution < 1.29 is 9.53 Å². The number of alkyl carbamates (subject to hydrolysis) is 1. The molecule has 3 aromatic carbocycles. The monoisotopic (exact) mass is 305 g/mol. The zero-order valence-corrected chi connectivity index (χ0v) is 13.3. The van der Waals surface area contributed by atoms with Crippen LogP contribution in [0, 0.1) is 5.41 Å². The second-order valence-corrected chi connectivity index (χ2v) is 6.87. The Kier molecular flexibility index (Phi) is 3.05. The highest BCUT2D eigenvalue weighted by molar-refractivity contribution is 6.09. The molecular formula is C20H19NO2. The molecule has 0 unspecified atom stereocenters. The number of ether oxygens (including phenoxy) is 1. The van der Waals surface area contributed by atoms with Gasteiger partial charge in [0.15, 0.2) is 0 Å². The Balaban J connectivity index is 2.03. The molecule has 3 nitrogen and oxygen atoms in total. The molecule has 23 heavy (non-hydrogen) atoms. The van der Waals surface area contributed by atoms with Gasteiger partial charge in [0, 0.05) is 5.41 Å². The highest BCUT2D eigenvalue weighted by atomic mass is 16.6. The van der Waals surface area contributed by atoms with Gasteiger partial charge >= 0.3 is 6.09 Å². The largest absolute Gasteiger partial charge is 0.449 e. The topological polar surface area (TPSA) is 38.3 Å². The zero-order valence-electron chi connectivity index (χ0n) is 13.3. The molecule has 1 saturated heterocycles. The number of nitrogens with one attached hydrogen (secondary N) is 1. The maximum Gasteiger partial charge on any atom is 0.407 e. The summed E-state index contributed by atoms with van der Waals surface area (Å²) in [5.41, 5.74) is 0.986. The van der Waals surface area contributed by atoms with Crippen molar-refractivity contribution in [1.82, 2.24) is 5.32 Å². The van der Waals surface area contributed by atoms with E-state index in [4.69, 9.17) is 4.74 Å². The smallest absolute Gasteiger partial charge is 0.407 e. The van der Waals surface area contributed by atoms with Gasteiger partial charge in [0.05, 0.1) is 6.04 Å². The third-order valence-corrected chi connectivity index (χ3v) is 4.73. The summed E-state index contributed by atoms with van der Waals surface area (Å²) < 4.78 is 5.19. The first kappa shape index (κ1) is 14.1. The first-order valence-electron chi connectivity index (χ1n) is 7.90. The van der Waals surface area contributed by atoms with Crippen LogP contribution in [0.3, 0.4) is 0 Å². The van der Waals surface area contributed by atoms with E-state index in [1.165, 1.54) is 21.5 Å². The molecule has 1 aliphatic rings. The summed E-state index contributed by atoms with van der Waals surface area (Å²) in [6.45, 7) is 4.67. The molecule has 0 aliphatic carbocycles. The summed E-state index contributed by atoms with van der Waals surface area (Å²) >= 11 is 0. The second kappa shape index (κ2) is 4.98. The van der Waals surface area contributed by atoms with Gasteiger partial charge in [-0.1, -0.05) is 62.4 Å². The molecule has 0 radical (unpaired) electrons. The average Bonchev–Trinajstić information content (AvgIpc) is 2.56. The van der Waals surface area contributed by atoms with Gasteiger partial charge in [-0.25, -0.2) is 4.79 Å². The molecular weight excluding hydrogens is 286 g/mol. The summed E-state index contributed by atoms with van der Waals surface area (Å²) in [6.07, 6.45) is -0.341. The molecule has 3 aromatic rings. The minimum Gasteiger partial charge on any atom is -0.449 e. The maximum absolute atomic E-state index is 11.8. The third-order valence-electron chi connectivity index (χ3n) is 4.73. The number of carbonyl (C=O) groups is 1.